The van der Waals surface area contributed by atoms with E-state index in [1.165, 1.54) is 11.9 Å². The van der Waals surface area contributed by atoms with Crippen molar-refractivity contribution in [1.29, 1.82) is 0 Å². The molecule has 80 valence electrons. The molecule has 0 aliphatic carbocycles. The first-order valence-electron chi connectivity index (χ1n) is 4.49. The topological polar surface area (TPSA) is 15.3 Å². The van der Waals surface area contributed by atoms with E-state index in [-0.39, 0.29) is 6.54 Å². The van der Waals surface area contributed by atoms with E-state index in [0.717, 1.165) is 0 Å². The first-order valence-corrected chi connectivity index (χ1v) is 4.49. The van der Waals surface area contributed by atoms with Crippen LogP contribution in [0.5, 0.6) is 0 Å². The molecule has 0 bridgehead atoms. The van der Waals surface area contributed by atoms with Crippen molar-refractivity contribution in [3.05, 3.63) is 0 Å². The van der Waals surface area contributed by atoms with Crippen LogP contribution in [0, 0.1) is 0 Å². The molecule has 1 aliphatic heterocycles. The van der Waals surface area contributed by atoms with E-state index in [0.29, 0.717) is 13.1 Å². The molecule has 0 spiro atoms. The van der Waals surface area contributed by atoms with Gasteiger partial charge in [-0.1, -0.05) is 13.8 Å². The molecule has 1 N–H and O–H groups in total. The molecule has 13 heavy (non-hydrogen) atoms. The standard InChI is InChI=1S/C6H11F3N2.C2H6/c1-11-3-2-10-4-5(11)6(7,8)9;1-2/h5,10H,2-4H2,1H3;1-2H3. The van der Waals surface area contributed by atoms with Crippen molar-refractivity contribution in [2.75, 3.05) is 26.7 Å². The molecule has 5 heteroatoms. The lowest BCUT2D eigenvalue weighted by Gasteiger charge is -2.34. The van der Waals surface area contributed by atoms with Crippen LogP contribution in [0.1, 0.15) is 13.8 Å². The van der Waals surface area contributed by atoms with Crippen LogP contribution in [0.2, 0.25) is 0 Å². The van der Waals surface area contributed by atoms with Crippen molar-refractivity contribution in [2.24, 2.45) is 0 Å². The largest absolute Gasteiger partial charge is 0.405 e. The van der Waals surface area contributed by atoms with Gasteiger partial charge in [-0.3, -0.25) is 4.90 Å². The van der Waals surface area contributed by atoms with E-state index in [1.54, 1.807) is 0 Å². The summed E-state index contributed by atoms with van der Waals surface area (Å²) in [6, 6.07) is -1.31. The van der Waals surface area contributed by atoms with E-state index in [2.05, 4.69) is 5.32 Å². The fourth-order valence-corrected chi connectivity index (χ4v) is 1.17. The van der Waals surface area contributed by atoms with Gasteiger partial charge in [-0.2, -0.15) is 13.2 Å². The van der Waals surface area contributed by atoms with Gasteiger partial charge in [-0.05, 0) is 7.05 Å². The molecule has 0 aromatic rings. The molecule has 0 amide bonds. The minimum atomic E-state index is -4.10. The Hall–Kier alpha value is -0.290. The smallest absolute Gasteiger partial charge is 0.314 e. The Labute approximate surface area is 77.1 Å². The number of alkyl halides is 3. The molecule has 1 atom stereocenters. The van der Waals surface area contributed by atoms with Gasteiger partial charge < -0.3 is 5.32 Å². The van der Waals surface area contributed by atoms with Crippen molar-refractivity contribution in [2.45, 2.75) is 26.1 Å². The number of hydrogen-bond acceptors (Lipinski definition) is 2. The van der Waals surface area contributed by atoms with Gasteiger partial charge in [0, 0.05) is 19.6 Å². The van der Waals surface area contributed by atoms with Crippen LogP contribution in [0.15, 0.2) is 0 Å². The highest BCUT2D eigenvalue weighted by atomic mass is 19.4. The highest BCUT2D eigenvalue weighted by Gasteiger charge is 2.42. The Morgan fingerprint density at radius 3 is 2.15 bits per heavy atom. The van der Waals surface area contributed by atoms with Crippen molar-refractivity contribution in [3.8, 4) is 0 Å². The summed E-state index contributed by atoms with van der Waals surface area (Å²) in [6.07, 6.45) is -4.10. The second-order valence-corrected chi connectivity index (χ2v) is 2.74. The van der Waals surface area contributed by atoms with Gasteiger partial charge in [0.15, 0.2) is 0 Å². The summed E-state index contributed by atoms with van der Waals surface area (Å²) < 4.78 is 36.3. The fourth-order valence-electron chi connectivity index (χ4n) is 1.17. The fraction of sp³-hybridized carbons (Fsp3) is 1.00. The lowest BCUT2D eigenvalue weighted by molar-refractivity contribution is -0.183. The highest BCUT2D eigenvalue weighted by Crippen LogP contribution is 2.24. The average Bonchev–Trinajstić information content (AvgIpc) is 2.07. The SMILES string of the molecule is CC.CN1CCNCC1C(F)(F)F. The van der Waals surface area contributed by atoms with Crippen LogP contribution < -0.4 is 5.32 Å². The zero-order valence-corrected chi connectivity index (χ0v) is 8.28. The molecule has 0 saturated carbocycles. The molecule has 0 aromatic heterocycles. The lowest BCUT2D eigenvalue weighted by atomic mass is 10.2. The van der Waals surface area contributed by atoms with Crippen molar-refractivity contribution >= 4 is 0 Å². The second kappa shape index (κ2) is 5.44. The molecule has 1 heterocycles. The van der Waals surface area contributed by atoms with Crippen LogP contribution in [0.3, 0.4) is 0 Å². The van der Waals surface area contributed by atoms with E-state index < -0.39 is 12.2 Å². The summed E-state index contributed by atoms with van der Waals surface area (Å²) in [5.41, 5.74) is 0. The van der Waals surface area contributed by atoms with Crippen LogP contribution in [-0.2, 0) is 0 Å². The average molecular weight is 198 g/mol. The number of rotatable bonds is 0. The molecular weight excluding hydrogens is 181 g/mol. The van der Waals surface area contributed by atoms with Gasteiger partial charge in [0.05, 0.1) is 0 Å². The van der Waals surface area contributed by atoms with Crippen LogP contribution in [-0.4, -0.2) is 43.8 Å². The number of nitrogens with zero attached hydrogens (tertiary/aromatic N) is 1. The van der Waals surface area contributed by atoms with E-state index in [9.17, 15) is 13.2 Å². The lowest BCUT2D eigenvalue weighted by Crippen LogP contribution is -2.56. The van der Waals surface area contributed by atoms with Crippen molar-refractivity contribution in [3.63, 3.8) is 0 Å². The third-order valence-corrected chi connectivity index (χ3v) is 1.89. The van der Waals surface area contributed by atoms with Gasteiger partial charge in [-0.25, -0.2) is 0 Å². The second-order valence-electron chi connectivity index (χ2n) is 2.74. The first kappa shape index (κ1) is 12.7. The quantitative estimate of drug-likeness (QED) is 0.634. The zero-order chi connectivity index (χ0) is 10.5. The molecule has 1 unspecified atom stereocenters. The van der Waals surface area contributed by atoms with E-state index >= 15 is 0 Å². The molecule has 0 radical (unpaired) electrons. The number of piperazine rings is 1. The highest BCUT2D eigenvalue weighted by molar-refractivity contribution is 4.82. The molecule has 2 nitrogen and oxygen atoms in total. The summed E-state index contributed by atoms with van der Waals surface area (Å²) in [5, 5.41) is 2.71. The molecule has 0 aromatic carbocycles. The Morgan fingerprint density at radius 1 is 1.31 bits per heavy atom. The number of nitrogens with one attached hydrogen (secondary N) is 1. The summed E-state index contributed by atoms with van der Waals surface area (Å²) in [5.74, 6) is 0. The number of halogens is 3. The Morgan fingerprint density at radius 2 is 1.85 bits per heavy atom. The minimum absolute atomic E-state index is 0.0139. The zero-order valence-electron chi connectivity index (χ0n) is 8.28. The monoisotopic (exact) mass is 198 g/mol. The first-order chi connectivity index (χ1) is 6.02. The van der Waals surface area contributed by atoms with Gasteiger partial charge in [0.1, 0.15) is 6.04 Å². The Kier molecular flexibility index (Phi) is 5.32. The summed E-state index contributed by atoms with van der Waals surface area (Å²) in [6.45, 7) is 5.12. The van der Waals surface area contributed by atoms with Crippen LogP contribution in [0.25, 0.3) is 0 Å². The Balaban J connectivity index is 0.000000671. The van der Waals surface area contributed by atoms with Crippen molar-refractivity contribution < 1.29 is 13.2 Å². The normalized spacial score (nSPS) is 24.9. The number of hydrogen-bond donors (Lipinski definition) is 1. The summed E-state index contributed by atoms with van der Waals surface area (Å²) in [4.78, 5) is 1.33. The van der Waals surface area contributed by atoms with Crippen LogP contribution in [0.4, 0.5) is 13.2 Å². The van der Waals surface area contributed by atoms with Gasteiger partial charge in [0.25, 0.3) is 0 Å². The minimum Gasteiger partial charge on any atom is -0.314 e. The van der Waals surface area contributed by atoms with Gasteiger partial charge >= 0.3 is 6.18 Å². The predicted octanol–water partition coefficient (Wildman–Crippen LogP) is 1.48. The summed E-state index contributed by atoms with van der Waals surface area (Å²) >= 11 is 0. The third-order valence-electron chi connectivity index (χ3n) is 1.89. The van der Waals surface area contributed by atoms with Gasteiger partial charge in [0.2, 0.25) is 0 Å². The molecular formula is C8H17F3N2. The predicted molar refractivity (Wildman–Crippen MR) is 46.7 cm³/mol. The molecule has 1 saturated heterocycles. The van der Waals surface area contributed by atoms with Crippen LogP contribution >= 0.6 is 0 Å². The summed E-state index contributed by atoms with van der Waals surface area (Å²) in [7, 11) is 1.50. The maximum Gasteiger partial charge on any atom is 0.405 e. The van der Waals surface area contributed by atoms with E-state index in [1.807, 2.05) is 13.8 Å². The maximum absolute atomic E-state index is 12.1. The van der Waals surface area contributed by atoms with Crippen molar-refractivity contribution in [1.82, 2.24) is 10.2 Å². The molecule has 1 aliphatic rings. The van der Waals surface area contributed by atoms with E-state index in [4.69, 9.17) is 0 Å². The molecule has 1 rings (SSSR count). The Bertz CT molecular complexity index is 136. The maximum atomic E-state index is 12.1. The number of likely N-dealkylation sites (N-methyl/N-ethyl adjacent to an activating group) is 1. The third kappa shape index (κ3) is 3.95. The van der Waals surface area contributed by atoms with Gasteiger partial charge in [-0.15, -0.1) is 0 Å². The molecule has 1 fully saturated rings.